The number of rotatable bonds is 1. The van der Waals surface area contributed by atoms with Gasteiger partial charge in [-0.1, -0.05) is 0 Å². The molecule has 2 aliphatic heterocycles. The van der Waals surface area contributed by atoms with Crippen molar-refractivity contribution in [3.05, 3.63) is 33.5 Å². The molecule has 0 unspecified atom stereocenters. The lowest BCUT2D eigenvalue weighted by Gasteiger charge is -2.45. The second-order valence-electron chi connectivity index (χ2n) is 7.05. The van der Waals surface area contributed by atoms with Crippen molar-refractivity contribution in [2.75, 3.05) is 26.7 Å². The summed E-state index contributed by atoms with van der Waals surface area (Å²) >= 11 is 1.50. The Bertz CT molecular complexity index is 847. The molecule has 2 amide bonds. The number of piperidine rings is 1. The summed E-state index contributed by atoms with van der Waals surface area (Å²) in [4.78, 5) is 33.0. The minimum absolute atomic E-state index is 0.000634. The van der Waals surface area contributed by atoms with Crippen LogP contribution in [0, 0.1) is 6.92 Å². The SMILES string of the molecule is Cc1nc(C(=O)N2CCC3(CC2)CN(C)C(=O)c2cn(C)nc23)cs1. The lowest BCUT2D eigenvalue weighted by atomic mass is 9.72. The summed E-state index contributed by atoms with van der Waals surface area (Å²) in [5.41, 5.74) is 1.97. The molecule has 1 fully saturated rings. The van der Waals surface area contributed by atoms with Crippen LogP contribution >= 0.6 is 11.3 Å². The average molecular weight is 359 g/mol. The molecule has 1 spiro atoms. The van der Waals surface area contributed by atoms with Crippen molar-refractivity contribution in [1.29, 1.82) is 0 Å². The van der Waals surface area contributed by atoms with Crippen molar-refractivity contribution < 1.29 is 9.59 Å². The van der Waals surface area contributed by atoms with Gasteiger partial charge in [0.2, 0.25) is 0 Å². The van der Waals surface area contributed by atoms with E-state index in [1.54, 1.807) is 9.58 Å². The van der Waals surface area contributed by atoms with Crippen LogP contribution in [0.1, 0.15) is 44.4 Å². The normalized spacial score (nSPS) is 19.4. The van der Waals surface area contributed by atoms with E-state index >= 15 is 0 Å². The number of amides is 2. The van der Waals surface area contributed by atoms with Gasteiger partial charge in [0.15, 0.2) is 0 Å². The third kappa shape index (κ3) is 2.55. The Hall–Kier alpha value is -2.22. The maximum Gasteiger partial charge on any atom is 0.273 e. The molecule has 0 bridgehead atoms. The number of aryl methyl sites for hydroxylation is 2. The van der Waals surface area contributed by atoms with Crippen molar-refractivity contribution in [1.82, 2.24) is 24.6 Å². The Balaban J connectivity index is 1.57. The number of carbonyl (C=O) groups is 2. The van der Waals surface area contributed by atoms with Crippen LogP contribution in [0.3, 0.4) is 0 Å². The number of likely N-dealkylation sites (N-methyl/N-ethyl adjacent to an activating group) is 1. The average Bonchev–Trinajstić information content (AvgIpc) is 3.19. The van der Waals surface area contributed by atoms with Crippen molar-refractivity contribution in [2.24, 2.45) is 7.05 Å². The van der Waals surface area contributed by atoms with Crippen LogP contribution in [0.15, 0.2) is 11.6 Å². The van der Waals surface area contributed by atoms with Crippen LogP contribution in [0.4, 0.5) is 0 Å². The van der Waals surface area contributed by atoms with Gasteiger partial charge in [0.05, 0.1) is 16.3 Å². The number of nitrogens with zero attached hydrogens (tertiary/aromatic N) is 5. The fourth-order valence-electron chi connectivity index (χ4n) is 4.00. The van der Waals surface area contributed by atoms with E-state index in [0.29, 0.717) is 30.9 Å². The van der Waals surface area contributed by atoms with Crippen LogP contribution in [0.25, 0.3) is 0 Å². The highest BCUT2D eigenvalue weighted by molar-refractivity contribution is 7.09. The number of hydrogen-bond donors (Lipinski definition) is 0. The van der Waals surface area contributed by atoms with E-state index in [1.165, 1.54) is 11.3 Å². The first-order chi connectivity index (χ1) is 11.9. The summed E-state index contributed by atoms with van der Waals surface area (Å²) in [5.74, 6) is 0.0332. The first-order valence-corrected chi connectivity index (χ1v) is 9.29. The Morgan fingerprint density at radius 3 is 2.64 bits per heavy atom. The summed E-state index contributed by atoms with van der Waals surface area (Å²) in [6.07, 6.45) is 3.43. The quantitative estimate of drug-likeness (QED) is 0.773. The third-order valence-electron chi connectivity index (χ3n) is 5.29. The smallest absolute Gasteiger partial charge is 0.273 e. The Kier molecular flexibility index (Phi) is 3.68. The van der Waals surface area contributed by atoms with Crippen molar-refractivity contribution in [3.8, 4) is 0 Å². The molecular weight excluding hydrogens is 338 g/mol. The van der Waals surface area contributed by atoms with Gasteiger partial charge in [-0.2, -0.15) is 5.10 Å². The maximum absolute atomic E-state index is 12.6. The van der Waals surface area contributed by atoms with E-state index in [4.69, 9.17) is 0 Å². The number of likely N-dealkylation sites (tertiary alicyclic amines) is 1. The van der Waals surface area contributed by atoms with Crippen LogP contribution in [-0.4, -0.2) is 63.1 Å². The fraction of sp³-hybridized carbons (Fsp3) is 0.529. The Labute approximate surface area is 150 Å². The molecule has 0 radical (unpaired) electrons. The molecule has 25 heavy (non-hydrogen) atoms. The van der Waals surface area contributed by atoms with E-state index in [0.717, 1.165) is 23.5 Å². The molecule has 0 saturated carbocycles. The first kappa shape index (κ1) is 16.3. The molecule has 7 nitrogen and oxygen atoms in total. The first-order valence-electron chi connectivity index (χ1n) is 8.41. The highest BCUT2D eigenvalue weighted by atomic mass is 32.1. The van der Waals surface area contributed by atoms with Gasteiger partial charge >= 0.3 is 0 Å². The van der Waals surface area contributed by atoms with Crippen LogP contribution < -0.4 is 0 Å². The molecule has 1 saturated heterocycles. The number of hydrogen-bond acceptors (Lipinski definition) is 5. The fourth-order valence-corrected chi connectivity index (χ4v) is 4.59. The third-order valence-corrected chi connectivity index (χ3v) is 6.07. The van der Waals surface area contributed by atoms with Crippen molar-refractivity contribution in [2.45, 2.75) is 25.2 Å². The zero-order chi connectivity index (χ0) is 17.8. The number of aromatic nitrogens is 3. The highest BCUT2D eigenvalue weighted by Gasteiger charge is 2.47. The highest BCUT2D eigenvalue weighted by Crippen LogP contribution is 2.40. The molecule has 8 heteroatoms. The zero-order valence-corrected chi connectivity index (χ0v) is 15.5. The lowest BCUT2D eigenvalue weighted by molar-refractivity contribution is 0.0540. The summed E-state index contributed by atoms with van der Waals surface area (Å²) < 4.78 is 1.72. The van der Waals surface area contributed by atoms with E-state index in [9.17, 15) is 9.59 Å². The van der Waals surface area contributed by atoms with E-state index in [2.05, 4.69) is 10.1 Å². The predicted octanol–water partition coefficient (Wildman–Crippen LogP) is 1.44. The summed E-state index contributed by atoms with van der Waals surface area (Å²) in [5, 5.41) is 7.33. The molecule has 2 aromatic rings. The monoisotopic (exact) mass is 359 g/mol. The second kappa shape index (κ2) is 5.66. The molecule has 0 atom stereocenters. The van der Waals surface area contributed by atoms with Crippen LogP contribution in [-0.2, 0) is 12.5 Å². The van der Waals surface area contributed by atoms with Gasteiger partial charge in [0.1, 0.15) is 5.69 Å². The van der Waals surface area contributed by atoms with Gasteiger partial charge in [-0.05, 0) is 19.8 Å². The number of thiazole rings is 1. The van der Waals surface area contributed by atoms with E-state index in [-0.39, 0.29) is 17.2 Å². The molecule has 0 N–H and O–H groups in total. The topological polar surface area (TPSA) is 71.3 Å². The Morgan fingerprint density at radius 1 is 1.28 bits per heavy atom. The maximum atomic E-state index is 12.6. The zero-order valence-electron chi connectivity index (χ0n) is 14.7. The van der Waals surface area contributed by atoms with Gasteiger partial charge in [-0.3, -0.25) is 14.3 Å². The van der Waals surface area contributed by atoms with Crippen molar-refractivity contribution in [3.63, 3.8) is 0 Å². The minimum Gasteiger partial charge on any atom is -0.341 e. The van der Waals surface area contributed by atoms with E-state index in [1.807, 2.05) is 37.5 Å². The summed E-state index contributed by atoms with van der Waals surface area (Å²) in [6, 6.07) is 0. The predicted molar refractivity (Wildman–Crippen MR) is 93.8 cm³/mol. The van der Waals surface area contributed by atoms with E-state index < -0.39 is 0 Å². The minimum atomic E-state index is -0.159. The number of carbonyl (C=O) groups excluding carboxylic acids is 2. The summed E-state index contributed by atoms with van der Waals surface area (Å²) in [6.45, 7) is 3.89. The molecular formula is C17H21N5O2S. The molecule has 2 aliphatic rings. The van der Waals surface area contributed by atoms with Gasteiger partial charge in [0, 0.05) is 50.7 Å². The van der Waals surface area contributed by atoms with Gasteiger partial charge in [0.25, 0.3) is 11.8 Å². The second-order valence-corrected chi connectivity index (χ2v) is 8.11. The van der Waals surface area contributed by atoms with Gasteiger partial charge in [-0.15, -0.1) is 11.3 Å². The summed E-state index contributed by atoms with van der Waals surface area (Å²) in [7, 11) is 3.69. The molecule has 0 aromatic carbocycles. The molecule has 0 aliphatic carbocycles. The standard InChI is InChI=1S/C17H21N5O2S/c1-11-18-13(9-25-11)16(24)22-6-4-17(5-7-22)10-20(2)15(23)12-8-21(3)19-14(12)17/h8-9H,4-7,10H2,1-3H3. The van der Waals surface area contributed by atoms with Crippen LogP contribution in [0.2, 0.25) is 0 Å². The largest absolute Gasteiger partial charge is 0.341 e. The van der Waals surface area contributed by atoms with Crippen LogP contribution in [0.5, 0.6) is 0 Å². The molecule has 2 aromatic heterocycles. The Morgan fingerprint density at radius 2 is 2.00 bits per heavy atom. The van der Waals surface area contributed by atoms with Crippen molar-refractivity contribution >= 4 is 23.2 Å². The molecule has 132 valence electrons. The lowest BCUT2D eigenvalue weighted by Crippen LogP contribution is -2.54. The van der Waals surface area contributed by atoms with Gasteiger partial charge < -0.3 is 9.80 Å². The van der Waals surface area contributed by atoms with Gasteiger partial charge in [-0.25, -0.2) is 4.98 Å². The molecule has 4 heterocycles. The molecule has 4 rings (SSSR count). The number of fused-ring (bicyclic) bond motifs is 2.